The van der Waals surface area contributed by atoms with Gasteiger partial charge in [0.05, 0.1) is 10.9 Å². The molecular formula is C21H13NO5. The first kappa shape index (κ1) is 16.5. The van der Waals surface area contributed by atoms with E-state index in [1.807, 2.05) is 0 Å². The Bertz CT molecular complexity index is 1200. The number of esters is 1. The number of fused-ring (bicyclic) bond motifs is 1. The first-order valence-electron chi connectivity index (χ1n) is 8.10. The zero-order valence-corrected chi connectivity index (χ0v) is 14.0. The van der Waals surface area contributed by atoms with Crippen LogP contribution in [0, 0.1) is 0 Å². The van der Waals surface area contributed by atoms with Crippen molar-refractivity contribution in [3.63, 3.8) is 0 Å². The van der Waals surface area contributed by atoms with E-state index in [1.165, 1.54) is 24.4 Å². The van der Waals surface area contributed by atoms with E-state index in [0.717, 1.165) is 0 Å². The molecule has 2 heterocycles. The number of benzene rings is 2. The molecular weight excluding hydrogens is 346 g/mol. The molecule has 1 N–H and O–H groups in total. The van der Waals surface area contributed by atoms with Gasteiger partial charge in [-0.15, -0.1) is 0 Å². The highest BCUT2D eigenvalue weighted by Gasteiger charge is 2.14. The first-order chi connectivity index (χ1) is 13.1. The number of carbonyl (C=O) groups excluding carboxylic acids is 1. The lowest BCUT2D eigenvalue weighted by atomic mass is 10.1. The van der Waals surface area contributed by atoms with Gasteiger partial charge in [0.15, 0.2) is 16.9 Å². The van der Waals surface area contributed by atoms with E-state index in [-0.39, 0.29) is 22.5 Å². The lowest BCUT2D eigenvalue weighted by molar-refractivity contribution is 0.0729. The van der Waals surface area contributed by atoms with Crippen LogP contribution < -0.4 is 10.2 Å². The van der Waals surface area contributed by atoms with E-state index in [0.29, 0.717) is 22.3 Å². The minimum atomic E-state index is -0.636. The fraction of sp³-hybridized carbons (Fsp3) is 0. The van der Waals surface area contributed by atoms with E-state index in [2.05, 4.69) is 4.98 Å². The Morgan fingerprint density at radius 3 is 2.67 bits per heavy atom. The number of hydrogen-bond acceptors (Lipinski definition) is 6. The number of aromatic hydroxyl groups is 1. The van der Waals surface area contributed by atoms with Gasteiger partial charge in [-0.05, 0) is 42.5 Å². The van der Waals surface area contributed by atoms with Gasteiger partial charge in [0.1, 0.15) is 11.3 Å². The SMILES string of the molecule is O=C(Oc1ccc(-c2cc(=O)c3ccccc3o2)cc1O)c1cccnc1. The molecule has 27 heavy (non-hydrogen) atoms. The lowest BCUT2D eigenvalue weighted by Crippen LogP contribution is -2.08. The summed E-state index contributed by atoms with van der Waals surface area (Å²) in [6, 6.07) is 15.9. The molecule has 0 amide bonds. The summed E-state index contributed by atoms with van der Waals surface area (Å²) in [5.74, 6) is -0.584. The molecule has 0 saturated carbocycles. The van der Waals surface area contributed by atoms with Gasteiger partial charge in [-0.25, -0.2) is 4.79 Å². The predicted octanol–water partition coefficient (Wildman–Crippen LogP) is 3.78. The van der Waals surface area contributed by atoms with Gasteiger partial charge in [0.25, 0.3) is 0 Å². The van der Waals surface area contributed by atoms with Gasteiger partial charge in [-0.3, -0.25) is 9.78 Å². The van der Waals surface area contributed by atoms with Crippen LogP contribution in [0.25, 0.3) is 22.3 Å². The normalized spacial score (nSPS) is 10.7. The fourth-order valence-corrected chi connectivity index (χ4v) is 2.65. The van der Waals surface area contributed by atoms with Gasteiger partial charge in [-0.1, -0.05) is 12.1 Å². The smallest absolute Gasteiger partial charge is 0.345 e. The number of phenols is 1. The third-order valence-corrected chi connectivity index (χ3v) is 3.98. The second-order valence-electron chi connectivity index (χ2n) is 5.78. The van der Waals surface area contributed by atoms with Crippen LogP contribution in [0.4, 0.5) is 0 Å². The molecule has 0 spiro atoms. The Labute approximate surface area is 153 Å². The van der Waals surface area contributed by atoms with Gasteiger partial charge in [-0.2, -0.15) is 0 Å². The van der Waals surface area contributed by atoms with E-state index < -0.39 is 5.97 Å². The molecule has 0 radical (unpaired) electrons. The largest absolute Gasteiger partial charge is 0.504 e. The van der Waals surface area contributed by atoms with Crippen LogP contribution in [0.1, 0.15) is 10.4 Å². The number of nitrogens with zero attached hydrogens (tertiary/aromatic N) is 1. The lowest BCUT2D eigenvalue weighted by Gasteiger charge is -2.08. The van der Waals surface area contributed by atoms with Crippen LogP contribution in [0.2, 0.25) is 0 Å². The fourth-order valence-electron chi connectivity index (χ4n) is 2.65. The number of aromatic nitrogens is 1. The first-order valence-corrected chi connectivity index (χ1v) is 8.10. The summed E-state index contributed by atoms with van der Waals surface area (Å²) >= 11 is 0. The molecule has 4 aromatic rings. The summed E-state index contributed by atoms with van der Waals surface area (Å²) in [5, 5.41) is 10.7. The zero-order chi connectivity index (χ0) is 18.8. The highest BCUT2D eigenvalue weighted by molar-refractivity contribution is 5.91. The van der Waals surface area contributed by atoms with Gasteiger partial charge in [0, 0.05) is 24.0 Å². The molecule has 0 fully saturated rings. The number of pyridine rings is 1. The average Bonchev–Trinajstić information content (AvgIpc) is 2.70. The van der Waals surface area contributed by atoms with Crippen LogP contribution in [-0.2, 0) is 0 Å². The van der Waals surface area contributed by atoms with E-state index in [9.17, 15) is 14.7 Å². The Morgan fingerprint density at radius 1 is 1.04 bits per heavy atom. The number of para-hydroxylation sites is 1. The zero-order valence-electron chi connectivity index (χ0n) is 14.0. The Balaban J connectivity index is 1.66. The second-order valence-corrected chi connectivity index (χ2v) is 5.78. The van der Waals surface area contributed by atoms with Crippen molar-refractivity contribution in [3.8, 4) is 22.8 Å². The van der Waals surface area contributed by atoms with Crippen LogP contribution in [0.5, 0.6) is 11.5 Å². The number of hydrogen-bond donors (Lipinski definition) is 1. The van der Waals surface area contributed by atoms with Crippen LogP contribution in [0.3, 0.4) is 0 Å². The number of ether oxygens (including phenoxy) is 1. The van der Waals surface area contributed by atoms with Gasteiger partial charge in [0.2, 0.25) is 0 Å². The van der Waals surface area contributed by atoms with Crippen LogP contribution in [-0.4, -0.2) is 16.1 Å². The summed E-state index contributed by atoms with van der Waals surface area (Å²) in [6.45, 7) is 0. The topological polar surface area (TPSA) is 89.6 Å². The molecule has 0 aliphatic carbocycles. The van der Waals surface area contributed by atoms with Gasteiger partial charge < -0.3 is 14.3 Å². The molecule has 2 aromatic carbocycles. The maximum atomic E-state index is 12.2. The molecule has 0 unspecified atom stereocenters. The standard InChI is InChI=1S/C21H13NO5/c23-16-11-20(26-18-6-2-1-5-15(16)18)13-7-8-19(17(24)10-13)27-21(25)14-4-3-9-22-12-14/h1-12,24H. The minimum Gasteiger partial charge on any atom is -0.504 e. The van der Waals surface area contributed by atoms with E-state index in [4.69, 9.17) is 9.15 Å². The third kappa shape index (κ3) is 3.28. The molecule has 132 valence electrons. The summed E-state index contributed by atoms with van der Waals surface area (Å²) < 4.78 is 10.9. The van der Waals surface area contributed by atoms with Crippen LogP contribution >= 0.6 is 0 Å². The van der Waals surface area contributed by atoms with Crippen molar-refractivity contribution in [3.05, 3.63) is 88.8 Å². The summed E-state index contributed by atoms with van der Waals surface area (Å²) in [7, 11) is 0. The molecule has 0 atom stereocenters. The van der Waals surface area contributed by atoms with Crippen LogP contribution in [0.15, 0.2) is 82.3 Å². The average molecular weight is 359 g/mol. The van der Waals surface area contributed by atoms with Gasteiger partial charge >= 0.3 is 5.97 Å². The minimum absolute atomic E-state index is 0.00395. The predicted molar refractivity (Wildman–Crippen MR) is 98.8 cm³/mol. The molecule has 6 nitrogen and oxygen atoms in total. The number of rotatable bonds is 3. The molecule has 0 bridgehead atoms. The van der Waals surface area contributed by atoms with Crippen molar-refractivity contribution in [1.82, 2.24) is 4.98 Å². The Kier molecular flexibility index (Phi) is 4.14. The highest BCUT2D eigenvalue weighted by Crippen LogP contribution is 2.32. The molecule has 0 aliphatic heterocycles. The molecule has 0 saturated heterocycles. The molecule has 2 aromatic heterocycles. The monoisotopic (exact) mass is 359 g/mol. The highest BCUT2D eigenvalue weighted by atomic mass is 16.5. The Hall–Kier alpha value is -3.93. The molecule has 6 heteroatoms. The van der Waals surface area contributed by atoms with Crippen molar-refractivity contribution in [2.24, 2.45) is 0 Å². The molecule has 0 aliphatic rings. The van der Waals surface area contributed by atoms with Crippen molar-refractivity contribution in [1.29, 1.82) is 0 Å². The summed E-state index contributed by atoms with van der Waals surface area (Å²) in [5.41, 5.74) is 1.02. The number of phenolic OH excluding ortho intramolecular Hbond substituents is 1. The summed E-state index contributed by atoms with van der Waals surface area (Å²) in [6.07, 6.45) is 2.91. The maximum absolute atomic E-state index is 12.2. The number of carbonyl (C=O) groups is 1. The van der Waals surface area contributed by atoms with E-state index in [1.54, 1.807) is 48.7 Å². The quantitative estimate of drug-likeness (QED) is 0.442. The Morgan fingerprint density at radius 2 is 1.89 bits per heavy atom. The van der Waals surface area contributed by atoms with E-state index >= 15 is 0 Å². The van der Waals surface area contributed by atoms with Crippen molar-refractivity contribution < 1.29 is 19.1 Å². The summed E-state index contributed by atoms with van der Waals surface area (Å²) in [4.78, 5) is 28.2. The second kappa shape index (κ2) is 6.76. The third-order valence-electron chi connectivity index (χ3n) is 3.98. The van der Waals surface area contributed by atoms with Crippen molar-refractivity contribution in [2.75, 3.05) is 0 Å². The van der Waals surface area contributed by atoms with Crippen molar-refractivity contribution in [2.45, 2.75) is 0 Å². The molecule has 4 rings (SSSR count). The maximum Gasteiger partial charge on any atom is 0.345 e. The van der Waals surface area contributed by atoms with Crippen molar-refractivity contribution >= 4 is 16.9 Å².